The van der Waals surface area contributed by atoms with Crippen molar-refractivity contribution in [2.24, 2.45) is 34.0 Å². The van der Waals surface area contributed by atoms with E-state index in [0.29, 0.717) is 32.1 Å². The maximum Gasteiger partial charge on any atom is 0.317 e. The Morgan fingerprint density at radius 1 is 1.00 bits per heavy atom. The summed E-state index contributed by atoms with van der Waals surface area (Å²) in [4.78, 5) is 55.0. The van der Waals surface area contributed by atoms with Gasteiger partial charge in [0, 0.05) is 24.2 Å². The zero-order chi connectivity index (χ0) is 34.4. The molecule has 1 N–H and O–H groups in total. The fraction of sp³-hybridized carbons (Fsp3) is 0.610. The second-order valence-corrected chi connectivity index (χ2v) is 15.8. The van der Waals surface area contributed by atoms with Crippen molar-refractivity contribution in [1.82, 2.24) is 0 Å². The molecule has 5 aliphatic carbocycles. The molecule has 5 rings (SSSR count). The van der Waals surface area contributed by atoms with E-state index in [9.17, 15) is 24.3 Å². The summed E-state index contributed by atoms with van der Waals surface area (Å²) in [5, 5.41) is 10.3. The van der Waals surface area contributed by atoms with Crippen molar-refractivity contribution >= 4 is 23.3 Å². The van der Waals surface area contributed by atoms with Gasteiger partial charge in [0.2, 0.25) is 5.78 Å². The third-order valence-corrected chi connectivity index (χ3v) is 13.1. The van der Waals surface area contributed by atoms with E-state index in [1.165, 1.54) is 5.57 Å². The minimum atomic E-state index is -1.57. The van der Waals surface area contributed by atoms with Crippen LogP contribution in [-0.4, -0.2) is 40.6 Å². The molecular formula is C41H54O6. The summed E-state index contributed by atoms with van der Waals surface area (Å²) in [5.74, 6) is -0.911. The Morgan fingerprint density at radius 2 is 1.74 bits per heavy atom. The summed E-state index contributed by atoms with van der Waals surface area (Å²) in [5.41, 5.74) is 1.53. The van der Waals surface area contributed by atoms with E-state index in [2.05, 4.69) is 19.9 Å². The summed E-state index contributed by atoms with van der Waals surface area (Å²) in [6.07, 6.45) is 20.0. The van der Waals surface area contributed by atoms with Gasteiger partial charge in [-0.3, -0.25) is 19.2 Å². The van der Waals surface area contributed by atoms with Crippen molar-refractivity contribution in [1.29, 1.82) is 0 Å². The summed E-state index contributed by atoms with van der Waals surface area (Å²) < 4.78 is 6.57. The Labute approximate surface area is 281 Å². The second-order valence-electron chi connectivity index (χ2n) is 15.8. The van der Waals surface area contributed by atoms with E-state index >= 15 is 0 Å². The van der Waals surface area contributed by atoms with Crippen LogP contribution in [0.1, 0.15) is 113 Å². The molecule has 0 aromatic heterocycles. The third kappa shape index (κ3) is 5.83. The highest BCUT2D eigenvalue weighted by Gasteiger charge is 2.71. The molecule has 47 heavy (non-hydrogen) atoms. The second kappa shape index (κ2) is 13.1. The number of esters is 1. The smallest absolute Gasteiger partial charge is 0.317 e. The monoisotopic (exact) mass is 642 g/mol. The Kier molecular flexibility index (Phi) is 9.78. The van der Waals surface area contributed by atoms with Gasteiger partial charge in [0.25, 0.3) is 0 Å². The minimum absolute atomic E-state index is 0.00709. The van der Waals surface area contributed by atoms with E-state index in [4.69, 9.17) is 4.74 Å². The van der Waals surface area contributed by atoms with Crippen molar-refractivity contribution in [3.05, 3.63) is 70.4 Å². The number of rotatable bonds is 8. The number of carbonyl (C=O) groups excluding carboxylic acids is 4. The predicted molar refractivity (Wildman–Crippen MR) is 184 cm³/mol. The Balaban J connectivity index is 1.47. The number of hydrogen-bond acceptors (Lipinski definition) is 6. The molecule has 0 amide bonds. The van der Waals surface area contributed by atoms with Crippen molar-refractivity contribution in [3.8, 4) is 0 Å². The standard InChI is InChI=1S/C41H54O6/c1-8-26(2)11-9-12-27(3)14-17-32-28(4)13-10-20-39(32,6)37(46)47-41(35(45)25-42)22-19-33-31-16-15-29-23-30(43)18-21-38(29,5)36(31)34(44)24-40(33,41)7/h8-9,11-12,14,17,23,31,33,36,42H,10,13,15-16,18-22,24-25H2,1-7H3/t31-,33-,36+,38-,39?,40-,41+/m0/s1. The fourth-order valence-electron chi connectivity index (χ4n) is 10.2. The molecule has 5 aliphatic rings. The van der Waals surface area contributed by atoms with Gasteiger partial charge in [-0.25, -0.2) is 0 Å². The SMILES string of the molecule is CC=C(C)C=CC=C(C)C=CC1=C(C)CCCC1(C)C(=O)O[C@@]1(C(=O)CO)CC[C@H]2[C@@H]3CCC4=CC(=O)CC[C@]4(C)[C@H]3C(=O)C[C@@]21C. The van der Waals surface area contributed by atoms with E-state index in [0.717, 1.165) is 48.0 Å². The summed E-state index contributed by atoms with van der Waals surface area (Å²) in [6.45, 7) is 13.4. The van der Waals surface area contributed by atoms with Crippen LogP contribution in [0.15, 0.2) is 70.4 Å². The lowest BCUT2D eigenvalue weighted by Gasteiger charge is -2.58. The normalized spacial score (nSPS) is 38.0. The van der Waals surface area contributed by atoms with Crippen LogP contribution in [0.3, 0.4) is 0 Å². The van der Waals surface area contributed by atoms with Crippen LogP contribution in [0, 0.1) is 34.0 Å². The fourth-order valence-corrected chi connectivity index (χ4v) is 10.2. The highest BCUT2D eigenvalue weighted by molar-refractivity contribution is 5.96. The molecule has 6 heteroatoms. The summed E-state index contributed by atoms with van der Waals surface area (Å²) in [7, 11) is 0. The molecule has 0 radical (unpaired) electrons. The van der Waals surface area contributed by atoms with Gasteiger partial charge in [-0.2, -0.15) is 0 Å². The zero-order valence-corrected chi connectivity index (χ0v) is 29.5. The lowest BCUT2D eigenvalue weighted by molar-refractivity contribution is -0.198. The summed E-state index contributed by atoms with van der Waals surface area (Å²) in [6, 6.07) is 0. The van der Waals surface area contributed by atoms with Gasteiger partial charge >= 0.3 is 5.97 Å². The number of Topliss-reactive ketones (excluding diaryl/α,β-unsaturated/α-hetero) is 2. The van der Waals surface area contributed by atoms with Crippen molar-refractivity contribution in [2.45, 2.75) is 118 Å². The molecule has 6 nitrogen and oxygen atoms in total. The maximum atomic E-state index is 14.6. The van der Waals surface area contributed by atoms with Gasteiger partial charge in [0.1, 0.15) is 12.4 Å². The Bertz CT molecular complexity index is 1530. The molecule has 0 aromatic carbocycles. The van der Waals surface area contributed by atoms with Gasteiger partial charge in [-0.1, -0.05) is 72.6 Å². The van der Waals surface area contributed by atoms with Gasteiger partial charge in [0.05, 0.1) is 5.41 Å². The first-order valence-electron chi connectivity index (χ1n) is 17.7. The molecule has 0 aromatic rings. The Morgan fingerprint density at radius 3 is 2.45 bits per heavy atom. The third-order valence-electron chi connectivity index (χ3n) is 13.1. The van der Waals surface area contributed by atoms with Crippen LogP contribution < -0.4 is 0 Å². The van der Waals surface area contributed by atoms with E-state index in [1.807, 2.05) is 65.0 Å². The van der Waals surface area contributed by atoms with Crippen LogP contribution in [0.25, 0.3) is 0 Å². The highest BCUT2D eigenvalue weighted by Crippen LogP contribution is 2.67. The molecule has 0 heterocycles. The molecule has 254 valence electrons. The van der Waals surface area contributed by atoms with Gasteiger partial charge < -0.3 is 9.84 Å². The Hall–Kier alpha value is -3.12. The van der Waals surface area contributed by atoms with Crippen LogP contribution >= 0.6 is 0 Å². The average molecular weight is 643 g/mol. The summed E-state index contributed by atoms with van der Waals surface area (Å²) >= 11 is 0. The number of hydrogen-bond donors (Lipinski definition) is 1. The number of allylic oxidation sites excluding steroid dienone is 10. The molecule has 3 fully saturated rings. The number of fused-ring (bicyclic) bond motifs is 5. The topological polar surface area (TPSA) is 97.7 Å². The van der Waals surface area contributed by atoms with Crippen LogP contribution in [0.2, 0.25) is 0 Å². The molecule has 3 saturated carbocycles. The number of aliphatic hydroxyl groups excluding tert-OH is 1. The molecule has 0 aliphatic heterocycles. The van der Waals surface area contributed by atoms with Crippen molar-refractivity contribution < 1.29 is 29.0 Å². The lowest BCUT2D eigenvalue weighted by atomic mass is 9.46. The quantitative estimate of drug-likeness (QED) is 0.212. The zero-order valence-electron chi connectivity index (χ0n) is 29.5. The first kappa shape index (κ1) is 35.2. The predicted octanol–water partition coefficient (Wildman–Crippen LogP) is 8.07. The van der Waals surface area contributed by atoms with E-state index in [-0.39, 0.29) is 41.2 Å². The largest absolute Gasteiger partial charge is 0.450 e. The van der Waals surface area contributed by atoms with Crippen molar-refractivity contribution in [2.75, 3.05) is 6.61 Å². The van der Waals surface area contributed by atoms with Gasteiger partial charge in [-0.15, -0.1) is 0 Å². The molecule has 7 atom stereocenters. The number of ether oxygens (including phenoxy) is 1. The average Bonchev–Trinajstić information content (AvgIpc) is 3.32. The maximum absolute atomic E-state index is 14.6. The van der Waals surface area contributed by atoms with Crippen LogP contribution in [-0.2, 0) is 23.9 Å². The molecule has 0 bridgehead atoms. The van der Waals surface area contributed by atoms with Crippen molar-refractivity contribution in [3.63, 3.8) is 0 Å². The first-order valence-corrected chi connectivity index (χ1v) is 17.7. The lowest BCUT2D eigenvalue weighted by Crippen LogP contribution is -2.63. The van der Waals surface area contributed by atoms with E-state index < -0.39 is 34.8 Å². The van der Waals surface area contributed by atoms with Gasteiger partial charge in [-0.05, 0) is 115 Å². The minimum Gasteiger partial charge on any atom is -0.450 e. The van der Waals surface area contributed by atoms with Crippen LogP contribution in [0.5, 0.6) is 0 Å². The number of aliphatic hydroxyl groups is 1. The molecule has 0 saturated heterocycles. The number of carbonyl (C=O) groups is 4. The highest BCUT2D eigenvalue weighted by atomic mass is 16.6. The molecule has 0 spiro atoms. The number of ketones is 3. The molecular weight excluding hydrogens is 588 g/mol. The van der Waals surface area contributed by atoms with Crippen LogP contribution in [0.4, 0.5) is 0 Å². The molecule has 1 unspecified atom stereocenters. The first-order chi connectivity index (χ1) is 22.2. The van der Waals surface area contributed by atoms with Gasteiger partial charge in [0.15, 0.2) is 11.4 Å². The van der Waals surface area contributed by atoms with E-state index in [1.54, 1.807) is 6.08 Å².